The van der Waals surface area contributed by atoms with Crippen molar-refractivity contribution in [3.8, 4) is 16.9 Å². The Morgan fingerprint density at radius 3 is 2.45 bits per heavy atom. The molecule has 0 fully saturated rings. The number of aromatic carboxylic acids is 1. The van der Waals surface area contributed by atoms with Crippen LogP contribution < -0.4 is 10.3 Å². The number of aromatic hydroxyl groups is 1. The van der Waals surface area contributed by atoms with Gasteiger partial charge in [-0.2, -0.15) is 5.10 Å². The van der Waals surface area contributed by atoms with Crippen LogP contribution in [0.3, 0.4) is 0 Å². The fraction of sp³-hybridized carbons (Fsp3) is 0.129. The number of carboxylic acid groups (broad SMARTS) is 1. The minimum atomic E-state index is -1.05. The predicted octanol–water partition coefficient (Wildman–Crippen LogP) is 6.43. The Hall–Kier alpha value is -4.91. The van der Waals surface area contributed by atoms with E-state index in [0.717, 1.165) is 34.5 Å². The molecule has 0 radical (unpaired) electrons. The van der Waals surface area contributed by atoms with Crippen LogP contribution in [0, 0.1) is 13.8 Å². The largest absolute Gasteiger partial charge is 0.505 e. The van der Waals surface area contributed by atoms with Gasteiger partial charge in [0.05, 0.1) is 16.9 Å². The van der Waals surface area contributed by atoms with E-state index in [1.807, 2.05) is 50.2 Å². The van der Waals surface area contributed by atoms with Crippen LogP contribution in [-0.4, -0.2) is 27.8 Å². The zero-order valence-corrected chi connectivity index (χ0v) is 21.3. The lowest BCUT2D eigenvalue weighted by atomic mass is 10.0. The summed E-state index contributed by atoms with van der Waals surface area (Å²) in [7, 11) is 0. The number of amides is 1. The van der Waals surface area contributed by atoms with E-state index >= 15 is 0 Å². The molecule has 190 valence electrons. The summed E-state index contributed by atoms with van der Waals surface area (Å²) in [5, 5.41) is 24.8. The highest BCUT2D eigenvalue weighted by molar-refractivity contribution is 6.55. The Morgan fingerprint density at radius 2 is 1.71 bits per heavy atom. The van der Waals surface area contributed by atoms with E-state index < -0.39 is 5.97 Å². The molecule has 1 amide bonds. The van der Waals surface area contributed by atoms with Gasteiger partial charge in [-0.1, -0.05) is 49.4 Å². The average Bonchev–Trinajstić information content (AvgIpc) is 3.19. The van der Waals surface area contributed by atoms with Crippen molar-refractivity contribution in [3.05, 3.63) is 107 Å². The second-order valence-electron chi connectivity index (χ2n) is 9.27. The number of nitrogens with zero attached hydrogens (tertiary/aromatic N) is 2. The van der Waals surface area contributed by atoms with E-state index in [-0.39, 0.29) is 22.9 Å². The smallest absolute Gasteiger partial charge is 0.335 e. The van der Waals surface area contributed by atoms with Gasteiger partial charge in [-0.05, 0) is 78.9 Å². The third kappa shape index (κ3) is 4.39. The van der Waals surface area contributed by atoms with E-state index in [9.17, 15) is 19.8 Å². The van der Waals surface area contributed by atoms with Crippen LogP contribution in [0.15, 0.2) is 84.0 Å². The van der Waals surface area contributed by atoms with E-state index in [1.165, 1.54) is 12.1 Å². The van der Waals surface area contributed by atoms with Crippen LogP contribution in [-0.2, 0) is 11.2 Å². The van der Waals surface area contributed by atoms with Gasteiger partial charge in [-0.3, -0.25) is 15.1 Å². The van der Waals surface area contributed by atoms with Crippen LogP contribution >= 0.6 is 0 Å². The second-order valence-corrected chi connectivity index (χ2v) is 9.27. The van der Waals surface area contributed by atoms with Gasteiger partial charge in [0.15, 0.2) is 5.71 Å². The molecular formula is C31H27N3O4. The van der Waals surface area contributed by atoms with Crippen molar-refractivity contribution in [2.45, 2.75) is 27.2 Å². The van der Waals surface area contributed by atoms with Crippen molar-refractivity contribution in [3.63, 3.8) is 0 Å². The number of benzene rings is 4. The number of fused-ring (bicyclic) bond motifs is 1. The number of carboxylic acids is 1. The Balaban J connectivity index is 1.54. The molecule has 1 aliphatic heterocycles. The molecule has 1 aliphatic rings. The number of anilines is 3. The minimum absolute atomic E-state index is 0.0996. The number of hydrazone groups is 1. The van der Waals surface area contributed by atoms with E-state index in [0.29, 0.717) is 22.4 Å². The number of rotatable bonds is 6. The van der Waals surface area contributed by atoms with Crippen molar-refractivity contribution >= 4 is 34.7 Å². The molecule has 0 aromatic heterocycles. The van der Waals surface area contributed by atoms with Gasteiger partial charge in [0.2, 0.25) is 0 Å². The van der Waals surface area contributed by atoms with Gasteiger partial charge in [0.25, 0.3) is 5.91 Å². The fourth-order valence-electron chi connectivity index (χ4n) is 4.54. The van der Waals surface area contributed by atoms with E-state index in [4.69, 9.17) is 0 Å². The van der Waals surface area contributed by atoms with Gasteiger partial charge in [-0.25, -0.2) is 4.79 Å². The standard InChI is InChI=1S/C31H27N3O4/c1-4-20-12-14-25-27(16-20)34(23-13-11-18(2)19(3)15-23)30(36)28(25)33-32-26-10-6-9-24(29(26)35)21-7-5-8-22(17-21)31(37)38/h5-17,32,35H,4H2,1-3H3,(H,37,38). The highest BCUT2D eigenvalue weighted by Gasteiger charge is 2.35. The number of carbonyl (C=O) groups excluding carboxylic acids is 1. The van der Waals surface area contributed by atoms with Crippen LogP contribution in [0.1, 0.15) is 39.5 Å². The van der Waals surface area contributed by atoms with Crippen molar-refractivity contribution < 1.29 is 19.8 Å². The SMILES string of the molecule is CCc1ccc2c(c1)N(c1ccc(C)c(C)c1)C(=O)C2=NNc1cccc(-c2cccc(C(=O)O)c2)c1O. The number of nitrogens with one attached hydrogen (secondary N) is 1. The van der Waals surface area contributed by atoms with Crippen LogP contribution in [0.25, 0.3) is 11.1 Å². The molecule has 0 aliphatic carbocycles. The summed E-state index contributed by atoms with van der Waals surface area (Å²) in [6, 6.07) is 23.2. The normalized spacial score (nSPS) is 13.6. The van der Waals surface area contributed by atoms with Gasteiger partial charge in [0, 0.05) is 16.8 Å². The molecule has 0 atom stereocenters. The number of hydrogen-bond acceptors (Lipinski definition) is 5. The number of carbonyl (C=O) groups is 2. The van der Waals surface area contributed by atoms with Crippen molar-refractivity contribution in [2.24, 2.45) is 5.10 Å². The summed E-state index contributed by atoms with van der Waals surface area (Å²) < 4.78 is 0. The van der Waals surface area contributed by atoms with E-state index in [1.54, 1.807) is 35.2 Å². The van der Waals surface area contributed by atoms with E-state index in [2.05, 4.69) is 17.5 Å². The molecule has 0 saturated heterocycles. The quantitative estimate of drug-likeness (QED) is 0.207. The molecule has 0 saturated carbocycles. The molecule has 7 nitrogen and oxygen atoms in total. The molecule has 3 N–H and O–H groups in total. The third-order valence-electron chi connectivity index (χ3n) is 6.87. The second kappa shape index (κ2) is 9.86. The number of hydrogen-bond donors (Lipinski definition) is 3. The molecule has 7 heteroatoms. The Bertz CT molecular complexity index is 1620. The van der Waals surface area contributed by atoms with Gasteiger partial charge < -0.3 is 10.2 Å². The molecule has 5 rings (SSSR count). The lowest BCUT2D eigenvalue weighted by Crippen LogP contribution is -2.26. The Morgan fingerprint density at radius 1 is 0.921 bits per heavy atom. The maximum absolute atomic E-state index is 13.7. The highest BCUT2D eigenvalue weighted by Crippen LogP contribution is 2.39. The Kier molecular flexibility index (Phi) is 6.43. The number of phenolic OH excluding ortho intramolecular Hbond substituents is 1. The molecule has 0 bridgehead atoms. The molecule has 1 heterocycles. The lowest BCUT2D eigenvalue weighted by molar-refractivity contribution is -0.111. The predicted molar refractivity (Wildman–Crippen MR) is 150 cm³/mol. The minimum Gasteiger partial charge on any atom is -0.505 e. The van der Waals surface area contributed by atoms with Crippen molar-refractivity contribution in [1.29, 1.82) is 0 Å². The molecule has 38 heavy (non-hydrogen) atoms. The lowest BCUT2D eigenvalue weighted by Gasteiger charge is -2.18. The number of phenols is 1. The molecular weight excluding hydrogens is 478 g/mol. The maximum atomic E-state index is 13.7. The van der Waals surface area contributed by atoms with Crippen LogP contribution in [0.5, 0.6) is 5.75 Å². The monoisotopic (exact) mass is 505 g/mol. The summed E-state index contributed by atoms with van der Waals surface area (Å²) in [5.41, 5.74) is 10.1. The maximum Gasteiger partial charge on any atom is 0.335 e. The van der Waals surface area contributed by atoms with Gasteiger partial charge >= 0.3 is 5.97 Å². The highest BCUT2D eigenvalue weighted by atomic mass is 16.4. The van der Waals surface area contributed by atoms with Crippen LogP contribution in [0.2, 0.25) is 0 Å². The first-order chi connectivity index (χ1) is 18.3. The number of aryl methyl sites for hydroxylation is 3. The van der Waals surface area contributed by atoms with Gasteiger partial charge in [0.1, 0.15) is 5.75 Å². The summed E-state index contributed by atoms with van der Waals surface area (Å²) in [4.78, 5) is 26.8. The first kappa shape index (κ1) is 24.8. The summed E-state index contributed by atoms with van der Waals surface area (Å²) in [6.07, 6.45) is 0.830. The molecule has 0 spiro atoms. The topological polar surface area (TPSA) is 102 Å². The van der Waals surface area contributed by atoms with Gasteiger partial charge in [-0.15, -0.1) is 0 Å². The zero-order chi connectivity index (χ0) is 27.0. The Labute approximate surface area is 220 Å². The first-order valence-electron chi connectivity index (χ1n) is 12.3. The zero-order valence-electron chi connectivity index (χ0n) is 21.3. The molecule has 4 aromatic carbocycles. The summed E-state index contributed by atoms with van der Waals surface area (Å²) in [5.74, 6) is -1.42. The first-order valence-corrected chi connectivity index (χ1v) is 12.3. The fourth-order valence-corrected chi connectivity index (χ4v) is 4.54. The molecule has 4 aromatic rings. The summed E-state index contributed by atoms with van der Waals surface area (Å²) in [6.45, 7) is 6.11. The average molecular weight is 506 g/mol. The summed E-state index contributed by atoms with van der Waals surface area (Å²) >= 11 is 0. The third-order valence-corrected chi connectivity index (χ3v) is 6.87. The number of para-hydroxylation sites is 1. The molecule has 0 unspecified atom stereocenters. The van der Waals surface area contributed by atoms with Crippen LogP contribution in [0.4, 0.5) is 17.1 Å². The van der Waals surface area contributed by atoms with Crippen molar-refractivity contribution in [1.82, 2.24) is 0 Å². The van der Waals surface area contributed by atoms with Crippen molar-refractivity contribution in [2.75, 3.05) is 10.3 Å².